The number of rotatable bonds is 6. The summed E-state index contributed by atoms with van der Waals surface area (Å²) in [5, 5.41) is 18.2. The molecule has 0 spiro atoms. The lowest BCUT2D eigenvalue weighted by Crippen LogP contribution is -2.00. The third kappa shape index (κ3) is 3.90. The summed E-state index contributed by atoms with van der Waals surface area (Å²) in [5.41, 5.74) is 0.784. The molecule has 1 atom stereocenters. The Morgan fingerprint density at radius 3 is 2.50 bits per heavy atom. The highest BCUT2D eigenvalue weighted by molar-refractivity contribution is 5.66. The van der Waals surface area contributed by atoms with E-state index in [1.807, 2.05) is 0 Å². The van der Waals surface area contributed by atoms with E-state index in [1.54, 1.807) is 31.4 Å². The summed E-state index contributed by atoms with van der Waals surface area (Å²) in [7, 11) is 1.58. The first-order valence-corrected chi connectivity index (χ1v) is 5.17. The second kappa shape index (κ2) is 6.12. The van der Waals surface area contributed by atoms with Crippen molar-refractivity contribution in [2.75, 3.05) is 7.11 Å². The predicted molar refractivity (Wildman–Crippen MR) is 59.4 cm³/mol. The van der Waals surface area contributed by atoms with E-state index in [-0.39, 0.29) is 6.42 Å². The maximum absolute atomic E-state index is 10.3. The summed E-state index contributed by atoms with van der Waals surface area (Å²) >= 11 is 0. The Morgan fingerprint density at radius 2 is 2.00 bits per heavy atom. The van der Waals surface area contributed by atoms with Crippen molar-refractivity contribution in [1.82, 2.24) is 0 Å². The van der Waals surface area contributed by atoms with Crippen LogP contribution in [-0.2, 0) is 4.79 Å². The number of hydrogen-bond donors (Lipinski definition) is 2. The average molecular weight is 224 g/mol. The summed E-state index contributed by atoms with van der Waals surface area (Å²) in [4.78, 5) is 10.3. The zero-order valence-corrected chi connectivity index (χ0v) is 9.22. The van der Waals surface area contributed by atoms with Crippen molar-refractivity contribution in [3.8, 4) is 5.75 Å². The minimum Gasteiger partial charge on any atom is -0.497 e. The van der Waals surface area contributed by atoms with Crippen LogP contribution in [-0.4, -0.2) is 23.3 Å². The van der Waals surface area contributed by atoms with Crippen LogP contribution in [0.2, 0.25) is 0 Å². The van der Waals surface area contributed by atoms with Crippen LogP contribution in [0.4, 0.5) is 0 Å². The van der Waals surface area contributed by atoms with Crippen LogP contribution in [0.25, 0.3) is 0 Å². The monoisotopic (exact) mass is 224 g/mol. The Bertz CT molecular complexity index is 331. The van der Waals surface area contributed by atoms with Gasteiger partial charge in [-0.25, -0.2) is 0 Å². The molecule has 0 aliphatic rings. The van der Waals surface area contributed by atoms with E-state index in [1.165, 1.54) is 0 Å². The molecule has 0 unspecified atom stereocenters. The van der Waals surface area contributed by atoms with E-state index in [2.05, 4.69) is 0 Å². The molecular formula is C12H16O4. The molecule has 4 nitrogen and oxygen atoms in total. The molecule has 2 N–H and O–H groups in total. The lowest BCUT2D eigenvalue weighted by Gasteiger charge is -2.10. The van der Waals surface area contributed by atoms with Crippen LogP contribution >= 0.6 is 0 Å². The highest BCUT2D eigenvalue weighted by Gasteiger charge is 2.08. The van der Waals surface area contributed by atoms with Crippen LogP contribution in [0.3, 0.4) is 0 Å². The van der Waals surface area contributed by atoms with Gasteiger partial charge in [0.1, 0.15) is 5.75 Å². The van der Waals surface area contributed by atoms with Gasteiger partial charge in [-0.15, -0.1) is 0 Å². The van der Waals surface area contributed by atoms with Crippen LogP contribution in [0.15, 0.2) is 24.3 Å². The van der Waals surface area contributed by atoms with Crippen LogP contribution in [0.1, 0.15) is 30.9 Å². The smallest absolute Gasteiger partial charge is 0.303 e. The molecule has 1 rings (SSSR count). The number of ether oxygens (including phenoxy) is 1. The van der Waals surface area contributed by atoms with E-state index in [9.17, 15) is 9.90 Å². The maximum Gasteiger partial charge on any atom is 0.303 e. The fourth-order valence-electron chi connectivity index (χ4n) is 1.44. The molecule has 0 saturated heterocycles. The minimum atomic E-state index is -0.832. The molecule has 0 saturated carbocycles. The van der Waals surface area contributed by atoms with Gasteiger partial charge in [0.05, 0.1) is 13.2 Å². The Morgan fingerprint density at radius 1 is 1.38 bits per heavy atom. The van der Waals surface area contributed by atoms with Crippen molar-refractivity contribution in [2.24, 2.45) is 0 Å². The number of aliphatic hydroxyl groups is 1. The second-order valence-corrected chi connectivity index (χ2v) is 3.57. The van der Waals surface area contributed by atoms with Crippen LogP contribution in [0, 0.1) is 0 Å². The molecule has 0 fully saturated rings. The molecule has 0 radical (unpaired) electrons. The van der Waals surface area contributed by atoms with E-state index >= 15 is 0 Å². The van der Waals surface area contributed by atoms with Gasteiger partial charge in [-0.05, 0) is 30.5 Å². The number of aliphatic carboxylic acids is 1. The first-order valence-electron chi connectivity index (χ1n) is 5.17. The summed E-state index contributed by atoms with van der Waals surface area (Å²) in [5.74, 6) is -0.0941. The van der Waals surface area contributed by atoms with E-state index in [0.717, 1.165) is 11.3 Å². The van der Waals surface area contributed by atoms with E-state index in [4.69, 9.17) is 9.84 Å². The minimum absolute atomic E-state index is 0.0905. The highest BCUT2D eigenvalue weighted by atomic mass is 16.5. The number of benzene rings is 1. The van der Waals surface area contributed by atoms with Crippen LogP contribution < -0.4 is 4.74 Å². The van der Waals surface area contributed by atoms with E-state index < -0.39 is 12.1 Å². The van der Waals surface area contributed by atoms with Crippen molar-refractivity contribution in [1.29, 1.82) is 0 Å². The van der Waals surface area contributed by atoms with Gasteiger partial charge in [0.25, 0.3) is 0 Å². The normalized spacial score (nSPS) is 12.1. The molecule has 0 aromatic heterocycles. The standard InChI is InChI=1S/C12H16O4/c1-16-10-7-5-9(6-8-10)11(13)3-2-4-12(14)15/h5-8,11,13H,2-4H2,1H3,(H,14,15)/t11-/m0/s1. The van der Waals surface area contributed by atoms with Gasteiger partial charge in [-0.1, -0.05) is 12.1 Å². The molecule has 88 valence electrons. The number of methoxy groups -OCH3 is 1. The number of aliphatic hydroxyl groups excluding tert-OH is 1. The van der Waals surface area contributed by atoms with Gasteiger partial charge in [0.2, 0.25) is 0 Å². The topological polar surface area (TPSA) is 66.8 Å². The molecule has 1 aromatic carbocycles. The van der Waals surface area contributed by atoms with Crippen LogP contribution in [0.5, 0.6) is 5.75 Å². The first kappa shape index (κ1) is 12.5. The molecule has 0 bridgehead atoms. The van der Waals surface area contributed by atoms with Gasteiger partial charge in [0.15, 0.2) is 0 Å². The summed E-state index contributed by atoms with van der Waals surface area (Å²) in [6.07, 6.45) is 0.416. The van der Waals surface area contributed by atoms with Crippen molar-refractivity contribution in [3.63, 3.8) is 0 Å². The summed E-state index contributed by atoms with van der Waals surface area (Å²) < 4.78 is 5.00. The molecule has 0 amide bonds. The van der Waals surface area contributed by atoms with Crippen molar-refractivity contribution in [2.45, 2.75) is 25.4 Å². The fourth-order valence-corrected chi connectivity index (χ4v) is 1.44. The Balaban J connectivity index is 2.45. The van der Waals surface area contributed by atoms with E-state index in [0.29, 0.717) is 12.8 Å². The van der Waals surface area contributed by atoms with Gasteiger partial charge < -0.3 is 14.9 Å². The Hall–Kier alpha value is -1.55. The third-order valence-electron chi connectivity index (χ3n) is 2.37. The van der Waals surface area contributed by atoms with Crippen molar-refractivity contribution in [3.05, 3.63) is 29.8 Å². The SMILES string of the molecule is COc1ccc([C@@H](O)CCCC(=O)O)cc1. The average Bonchev–Trinajstić information content (AvgIpc) is 2.28. The lowest BCUT2D eigenvalue weighted by atomic mass is 10.0. The molecule has 4 heteroatoms. The Kier molecular flexibility index (Phi) is 4.79. The van der Waals surface area contributed by atoms with Gasteiger partial charge in [0, 0.05) is 6.42 Å². The number of carboxylic acid groups (broad SMARTS) is 1. The Labute approximate surface area is 94.5 Å². The largest absolute Gasteiger partial charge is 0.497 e. The van der Waals surface area contributed by atoms with Gasteiger partial charge >= 0.3 is 5.97 Å². The quantitative estimate of drug-likeness (QED) is 0.775. The zero-order chi connectivity index (χ0) is 12.0. The highest BCUT2D eigenvalue weighted by Crippen LogP contribution is 2.21. The molecule has 0 heterocycles. The first-order chi connectivity index (χ1) is 7.63. The van der Waals surface area contributed by atoms with Gasteiger partial charge in [-0.2, -0.15) is 0 Å². The zero-order valence-electron chi connectivity index (χ0n) is 9.22. The second-order valence-electron chi connectivity index (χ2n) is 3.57. The third-order valence-corrected chi connectivity index (χ3v) is 2.37. The molecule has 0 aliphatic heterocycles. The molecule has 0 aliphatic carbocycles. The molecule has 16 heavy (non-hydrogen) atoms. The van der Waals surface area contributed by atoms with Crippen molar-refractivity contribution >= 4 is 5.97 Å². The number of hydrogen-bond acceptors (Lipinski definition) is 3. The predicted octanol–water partition coefficient (Wildman–Crippen LogP) is 1.98. The molecule has 1 aromatic rings. The fraction of sp³-hybridized carbons (Fsp3) is 0.417. The van der Waals surface area contributed by atoms with Crippen molar-refractivity contribution < 1.29 is 19.7 Å². The number of carboxylic acids is 1. The lowest BCUT2D eigenvalue weighted by molar-refractivity contribution is -0.137. The summed E-state index contributed by atoms with van der Waals surface area (Å²) in [6, 6.07) is 7.11. The van der Waals surface area contributed by atoms with Gasteiger partial charge in [-0.3, -0.25) is 4.79 Å². The molecular weight excluding hydrogens is 208 g/mol. The maximum atomic E-state index is 10.3. The summed E-state index contributed by atoms with van der Waals surface area (Å²) in [6.45, 7) is 0. The number of carbonyl (C=O) groups is 1.